The number of hydrogen-bond donors (Lipinski definition) is 1. The van der Waals surface area contributed by atoms with Crippen LogP contribution in [0.5, 0.6) is 5.75 Å². The highest BCUT2D eigenvalue weighted by Gasteiger charge is 2.21. The van der Waals surface area contributed by atoms with Crippen LogP contribution in [0.4, 0.5) is 0 Å². The molecule has 4 heteroatoms. The Balaban J connectivity index is 1.80. The van der Waals surface area contributed by atoms with Crippen LogP contribution < -0.4 is 10.5 Å². The number of ether oxygens (including phenoxy) is 2. The first-order valence-electron chi connectivity index (χ1n) is 7.43. The Bertz CT molecular complexity index is 409. The Morgan fingerprint density at radius 1 is 1.45 bits per heavy atom. The van der Waals surface area contributed by atoms with Crippen LogP contribution in [0, 0.1) is 5.92 Å². The molecule has 1 saturated heterocycles. The third-order valence-corrected chi connectivity index (χ3v) is 3.42. The maximum Gasteiger partial charge on any atom is 0.119 e. The van der Waals surface area contributed by atoms with Gasteiger partial charge in [0.1, 0.15) is 18.5 Å². The average Bonchev–Trinajstić information content (AvgIpc) is 2.45. The van der Waals surface area contributed by atoms with E-state index in [1.807, 2.05) is 24.3 Å². The number of hydrogen-bond acceptors (Lipinski definition) is 4. The van der Waals surface area contributed by atoms with E-state index in [4.69, 9.17) is 15.2 Å². The zero-order valence-corrected chi connectivity index (χ0v) is 12.5. The quantitative estimate of drug-likeness (QED) is 0.863. The van der Waals surface area contributed by atoms with Crippen molar-refractivity contribution in [3.63, 3.8) is 0 Å². The number of nitrogens with zero attached hydrogens (tertiary/aromatic N) is 1. The van der Waals surface area contributed by atoms with Gasteiger partial charge in [0, 0.05) is 26.2 Å². The molecule has 1 atom stereocenters. The Hall–Kier alpha value is -1.10. The van der Waals surface area contributed by atoms with Crippen LogP contribution in [0.15, 0.2) is 24.3 Å². The maximum atomic E-state index is 5.83. The van der Waals surface area contributed by atoms with Crippen LogP contribution in [0.2, 0.25) is 0 Å². The lowest BCUT2D eigenvalue weighted by molar-refractivity contribution is -0.0505. The van der Waals surface area contributed by atoms with Gasteiger partial charge in [-0.2, -0.15) is 0 Å². The summed E-state index contributed by atoms with van der Waals surface area (Å²) in [5, 5.41) is 0. The molecule has 0 saturated carbocycles. The first-order chi connectivity index (χ1) is 9.67. The minimum Gasteiger partial charge on any atom is -0.491 e. The second kappa shape index (κ2) is 7.62. The Kier molecular flexibility index (Phi) is 5.83. The largest absolute Gasteiger partial charge is 0.491 e. The van der Waals surface area contributed by atoms with Crippen molar-refractivity contribution in [1.82, 2.24) is 4.90 Å². The van der Waals surface area contributed by atoms with Crippen molar-refractivity contribution in [2.24, 2.45) is 11.7 Å². The monoisotopic (exact) mass is 278 g/mol. The van der Waals surface area contributed by atoms with Crippen molar-refractivity contribution >= 4 is 0 Å². The van der Waals surface area contributed by atoms with Crippen LogP contribution in [0.3, 0.4) is 0 Å². The van der Waals surface area contributed by atoms with Gasteiger partial charge in [0.2, 0.25) is 0 Å². The fourth-order valence-electron chi connectivity index (χ4n) is 2.51. The third kappa shape index (κ3) is 4.78. The molecule has 20 heavy (non-hydrogen) atoms. The minimum atomic E-state index is 0.157. The summed E-state index contributed by atoms with van der Waals surface area (Å²) in [5.41, 5.74) is 6.73. The summed E-state index contributed by atoms with van der Waals surface area (Å²) in [5.74, 6) is 1.56. The molecule has 0 radical (unpaired) electrons. The summed E-state index contributed by atoms with van der Waals surface area (Å²) >= 11 is 0. The molecular formula is C16H26N2O2. The summed E-state index contributed by atoms with van der Waals surface area (Å²) in [7, 11) is 0. The van der Waals surface area contributed by atoms with Crippen molar-refractivity contribution in [2.45, 2.75) is 26.5 Å². The second-order valence-corrected chi connectivity index (χ2v) is 5.81. The molecule has 0 amide bonds. The van der Waals surface area contributed by atoms with Gasteiger partial charge in [-0.05, 0) is 23.6 Å². The molecule has 1 aromatic rings. The average molecular weight is 278 g/mol. The first kappa shape index (κ1) is 15.3. The van der Waals surface area contributed by atoms with Gasteiger partial charge in [-0.25, -0.2) is 0 Å². The molecule has 2 N–H and O–H groups in total. The molecule has 0 aromatic heterocycles. The molecule has 0 spiro atoms. The number of nitrogens with two attached hydrogens (primary N) is 1. The first-order valence-corrected chi connectivity index (χ1v) is 7.43. The van der Waals surface area contributed by atoms with Gasteiger partial charge >= 0.3 is 0 Å². The van der Waals surface area contributed by atoms with Crippen LogP contribution in [0.25, 0.3) is 0 Å². The maximum absolute atomic E-state index is 5.83. The zero-order chi connectivity index (χ0) is 14.4. The molecular weight excluding hydrogens is 252 g/mol. The zero-order valence-electron chi connectivity index (χ0n) is 12.5. The van der Waals surface area contributed by atoms with E-state index in [2.05, 4.69) is 18.7 Å². The standard InChI is InChI=1S/C16H26N2O2/c1-13(2)10-18-6-7-19-16(11-18)12-20-15-5-3-4-14(8-15)9-17/h3-5,8,13,16H,6-7,9-12,17H2,1-2H3. The molecule has 2 rings (SSSR count). The summed E-state index contributed by atoms with van der Waals surface area (Å²) in [6, 6.07) is 7.95. The molecule has 1 fully saturated rings. The van der Waals surface area contributed by atoms with E-state index >= 15 is 0 Å². The summed E-state index contributed by atoms with van der Waals surface area (Å²) in [6.07, 6.45) is 0.157. The van der Waals surface area contributed by atoms with Crippen LogP contribution in [-0.2, 0) is 11.3 Å². The lowest BCUT2D eigenvalue weighted by atomic mass is 10.2. The van der Waals surface area contributed by atoms with Crippen LogP contribution in [-0.4, -0.2) is 43.9 Å². The Labute approximate surface area is 121 Å². The molecule has 1 unspecified atom stereocenters. The number of benzene rings is 1. The minimum absolute atomic E-state index is 0.157. The van der Waals surface area contributed by atoms with E-state index in [9.17, 15) is 0 Å². The molecule has 112 valence electrons. The van der Waals surface area contributed by atoms with E-state index in [1.54, 1.807) is 0 Å². The lowest BCUT2D eigenvalue weighted by Gasteiger charge is -2.33. The highest BCUT2D eigenvalue weighted by molar-refractivity contribution is 5.28. The normalized spacial score (nSPS) is 20.3. The van der Waals surface area contributed by atoms with Crippen LogP contribution >= 0.6 is 0 Å². The van der Waals surface area contributed by atoms with Gasteiger partial charge in [-0.3, -0.25) is 4.90 Å². The van der Waals surface area contributed by atoms with E-state index < -0.39 is 0 Å². The van der Waals surface area contributed by atoms with Gasteiger partial charge in [-0.15, -0.1) is 0 Å². The molecule has 0 bridgehead atoms. The van der Waals surface area contributed by atoms with Crippen LogP contribution in [0.1, 0.15) is 19.4 Å². The van der Waals surface area contributed by atoms with E-state index in [-0.39, 0.29) is 6.10 Å². The molecule has 0 aliphatic carbocycles. The van der Waals surface area contributed by atoms with Crippen molar-refractivity contribution in [2.75, 3.05) is 32.8 Å². The lowest BCUT2D eigenvalue weighted by Crippen LogP contribution is -2.46. The van der Waals surface area contributed by atoms with Gasteiger partial charge in [0.25, 0.3) is 0 Å². The van der Waals surface area contributed by atoms with Gasteiger partial charge < -0.3 is 15.2 Å². The van der Waals surface area contributed by atoms with E-state index in [0.717, 1.165) is 37.6 Å². The molecule has 1 aromatic carbocycles. The van der Waals surface area contributed by atoms with Crippen molar-refractivity contribution in [1.29, 1.82) is 0 Å². The molecule has 1 aliphatic heterocycles. The van der Waals surface area contributed by atoms with Crippen molar-refractivity contribution in [3.05, 3.63) is 29.8 Å². The fourth-order valence-corrected chi connectivity index (χ4v) is 2.51. The van der Waals surface area contributed by atoms with Gasteiger partial charge in [-0.1, -0.05) is 26.0 Å². The van der Waals surface area contributed by atoms with E-state index in [0.29, 0.717) is 19.1 Å². The predicted octanol–water partition coefficient (Wildman–Crippen LogP) is 1.88. The Morgan fingerprint density at radius 2 is 2.30 bits per heavy atom. The van der Waals surface area contributed by atoms with Gasteiger partial charge in [0.05, 0.1) is 6.61 Å². The molecule has 1 aliphatic rings. The van der Waals surface area contributed by atoms with E-state index in [1.165, 1.54) is 0 Å². The molecule has 4 nitrogen and oxygen atoms in total. The second-order valence-electron chi connectivity index (χ2n) is 5.81. The summed E-state index contributed by atoms with van der Waals surface area (Å²) in [4.78, 5) is 2.46. The summed E-state index contributed by atoms with van der Waals surface area (Å²) < 4.78 is 11.6. The molecule has 1 heterocycles. The predicted molar refractivity (Wildman–Crippen MR) is 80.8 cm³/mol. The number of morpholine rings is 1. The highest BCUT2D eigenvalue weighted by Crippen LogP contribution is 2.15. The Morgan fingerprint density at radius 3 is 3.05 bits per heavy atom. The van der Waals surface area contributed by atoms with Crippen molar-refractivity contribution in [3.8, 4) is 5.75 Å². The smallest absolute Gasteiger partial charge is 0.119 e. The fraction of sp³-hybridized carbons (Fsp3) is 0.625. The van der Waals surface area contributed by atoms with Crippen molar-refractivity contribution < 1.29 is 9.47 Å². The number of rotatable bonds is 6. The summed E-state index contributed by atoms with van der Waals surface area (Å²) in [6.45, 7) is 9.54. The topological polar surface area (TPSA) is 47.7 Å². The SMILES string of the molecule is CC(C)CN1CCOC(COc2cccc(CN)c2)C1. The van der Waals surface area contributed by atoms with Gasteiger partial charge in [0.15, 0.2) is 0 Å². The third-order valence-electron chi connectivity index (χ3n) is 3.42. The highest BCUT2D eigenvalue weighted by atomic mass is 16.5.